The van der Waals surface area contributed by atoms with Gasteiger partial charge in [-0.3, -0.25) is 0 Å². The van der Waals surface area contributed by atoms with E-state index in [1.54, 1.807) is 0 Å². The second kappa shape index (κ2) is 4.78. The molecule has 0 saturated heterocycles. The van der Waals surface area contributed by atoms with E-state index < -0.39 is 0 Å². The summed E-state index contributed by atoms with van der Waals surface area (Å²) in [6, 6.07) is 18.4. The molecule has 18 heavy (non-hydrogen) atoms. The maximum absolute atomic E-state index is 5.80. The predicted octanol–water partition coefficient (Wildman–Crippen LogP) is 3.70. The Morgan fingerprint density at radius 2 is 1.72 bits per heavy atom. The van der Waals surface area contributed by atoms with E-state index in [4.69, 9.17) is 17.0 Å². The lowest BCUT2D eigenvalue weighted by molar-refractivity contribution is 0.201. The lowest BCUT2D eigenvalue weighted by atomic mass is 10.0. The Hall–Kier alpha value is -1.87. The summed E-state index contributed by atoms with van der Waals surface area (Å²) < 4.78 is 5.80. The van der Waals surface area contributed by atoms with Crippen molar-refractivity contribution in [3.8, 4) is 0 Å². The van der Waals surface area contributed by atoms with Crippen molar-refractivity contribution >= 4 is 23.1 Å². The second-order valence-corrected chi connectivity index (χ2v) is 4.66. The van der Waals surface area contributed by atoms with Crippen LogP contribution in [0.15, 0.2) is 54.6 Å². The normalized spacial score (nSPS) is 18.2. The number of hydrogen-bond acceptors (Lipinski definition) is 2. The molecule has 0 radical (unpaired) electrons. The molecule has 3 heteroatoms. The molecular weight excluding hydrogens is 242 g/mol. The van der Waals surface area contributed by atoms with Crippen molar-refractivity contribution < 1.29 is 4.74 Å². The third kappa shape index (κ3) is 2.22. The van der Waals surface area contributed by atoms with E-state index in [-0.39, 0.29) is 6.10 Å². The van der Waals surface area contributed by atoms with Gasteiger partial charge in [-0.05, 0) is 29.4 Å². The number of hydrogen-bond donors (Lipinski definition) is 1. The summed E-state index contributed by atoms with van der Waals surface area (Å²) in [4.78, 5) is 0. The largest absolute Gasteiger partial charge is 0.462 e. The van der Waals surface area contributed by atoms with Crippen molar-refractivity contribution in [3.63, 3.8) is 0 Å². The van der Waals surface area contributed by atoms with E-state index in [1.807, 2.05) is 36.4 Å². The molecule has 0 fully saturated rings. The number of para-hydroxylation sites is 1. The van der Waals surface area contributed by atoms with Crippen LogP contribution in [0.5, 0.6) is 0 Å². The molecule has 0 spiro atoms. The first-order chi connectivity index (χ1) is 8.83. The molecule has 0 aromatic heterocycles. The van der Waals surface area contributed by atoms with Crippen LogP contribution in [0.3, 0.4) is 0 Å². The van der Waals surface area contributed by atoms with Crippen LogP contribution in [-0.2, 0) is 11.2 Å². The van der Waals surface area contributed by atoms with Crippen LogP contribution >= 0.6 is 12.2 Å². The van der Waals surface area contributed by atoms with E-state index in [0.29, 0.717) is 5.17 Å². The Labute approximate surface area is 112 Å². The fourth-order valence-corrected chi connectivity index (χ4v) is 2.41. The van der Waals surface area contributed by atoms with Crippen molar-refractivity contribution in [1.82, 2.24) is 0 Å². The zero-order chi connectivity index (χ0) is 12.4. The summed E-state index contributed by atoms with van der Waals surface area (Å²) in [6.07, 6.45) is 0.808. The first-order valence-corrected chi connectivity index (χ1v) is 6.34. The fraction of sp³-hybridized carbons (Fsp3) is 0.133. The summed E-state index contributed by atoms with van der Waals surface area (Å²) >= 11 is 5.21. The van der Waals surface area contributed by atoms with Crippen LogP contribution in [0.1, 0.15) is 17.2 Å². The van der Waals surface area contributed by atoms with Gasteiger partial charge in [0.05, 0.1) is 0 Å². The van der Waals surface area contributed by atoms with E-state index in [1.165, 1.54) is 5.56 Å². The van der Waals surface area contributed by atoms with Crippen molar-refractivity contribution in [1.29, 1.82) is 0 Å². The summed E-state index contributed by atoms with van der Waals surface area (Å²) in [7, 11) is 0. The standard InChI is InChI=1S/C15H13NOS/c18-15-16-13-9-5-4-8-12(13)10-14(17-15)11-6-2-1-3-7-11/h1-9,14H,10H2,(H,16,18). The Morgan fingerprint density at radius 3 is 2.56 bits per heavy atom. The van der Waals surface area contributed by atoms with Gasteiger partial charge in [0.1, 0.15) is 6.10 Å². The summed E-state index contributed by atoms with van der Waals surface area (Å²) in [5.41, 5.74) is 3.42. The van der Waals surface area contributed by atoms with Crippen molar-refractivity contribution in [2.75, 3.05) is 5.32 Å². The number of anilines is 1. The van der Waals surface area contributed by atoms with Crippen molar-refractivity contribution in [3.05, 3.63) is 65.7 Å². The van der Waals surface area contributed by atoms with E-state index in [2.05, 4.69) is 23.5 Å². The SMILES string of the molecule is S=C1Nc2ccccc2CC(c2ccccc2)O1. The summed E-state index contributed by atoms with van der Waals surface area (Å²) in [5, 5.41) is 3.57. The maximum Gasteiger partial charge on any atom is 0.261 e. The molecule has 0 bridgehead atoms. The molecule has 1 atom stereocenters. The molecule has 1 aliphatic rings. The quantitative estimate of drug-likeness (QED) is 0.785. The summed E-state index contributed by atoms with van der Waals surface area (Å²) in [6.45, 7) is 0. The molecule has 2 aromatic rings. The molecule has 0 aliphatic carbocycles. The molecule has 0 amide bonds. The third-order valence-corrected chi connectivity index (χ3v) is 3.28. The highest BCUT2D eigenvalue weighted by Gasteiger charge is 2.21. The van der Waals surface area contributed by atoms with Gasteiger partial charge in [0.15, 0.2) is 0 Å². The van der Waals surface area contributed by atoms with Crippen LogP contribution in [0.4, 0.5) is 5.69 Å². The number of thiocarbonyl (C=S) groups is 1. The summed E-state index contributed by atoms with van der Waals surface area (Å²) in [5.74, 6) is 0. The van der Waals surface area contributed by atoms with Crippen molar-refractivity contribution in [2.24, 2.45) is 0 Å². The molecule has 1 N–H and O–H groups in total. The van der Waals surface area contributed by atoms with Crippen LogP contribution in [0.25, 0.3) is 0 Å². The van der Waals surface area contributed by atoms with E-state index >= 15 is 0 Å². The number of rotatable bonds is 1. The molecule has 1 aliphatic heterocycles. The van der Waals surface area contributed by atoms with Gasteiger partial charge in [0.25, 0.3) is 5.17 Å². The minimum absolute atomic E-state index is 0.0187. The molecule has 90 valence electrons. The van der Waals surface area contributed by atoms with Crippen LogP contribution in [0.2, 0.25) is 0 Å². The van der Waals surface area contributed by atoms with Gasteiger partial charge in [0.2, 0.25) is 0 Å². The van der Waals surface area contributed by atoms with Gasteiger partial charge in [0, 0.05) is 12.1 Å². The topological polar surface area (TPSA) is 21.3 Å². The lowest BCUT2D eigenvalue weighted by Crippen LogP contribution is -2.14. The average molecular weight is 255 g/mol. The minimum atomic E-state index is -0.0187. The first kappa shape index (κ1) is 11.2. The van der Waals surface area contributed by atoms with Gasteiger partial charge in [-0.25, -0.2) is 0 Å². The fourth-order valence-electron chi connectivity index (χ4n) is 2.18. The second-order valence-electron chi connectivity index (χ2n) is 4.29. The van der Waals surface area contributed by atoms with Gasteiger partial charge >= 0.3 is 0 Å². The molecule has 2 nitrogen and oxygen atoms in total. The Kier molecular flexibility index (Phi) is 2.99. The maximum atomic E-state index is 5.80. The number of benzene rings is 2. The van der Waals surface area contributed by atoms with Crippen molar-refractivity contribution in [2.45, 2.75) is 12.5 Å². The molecule has 2 aromatic carbocycles. The van der Waals surface area contributed by atoms with Crippen LogP contribution in [0, 0.1) is 0 Å². The predicted molar refractivity (Wildman–Crippen MR) is 76.6 cm³/mol. The molecule has 1 unspecified atom stereocenters. The van der Waals surface area contributed by atoms with E-state index in [0.717, 1.165) is 17.7 Å². The highest BCUT2D eigenvalue weighted by Crippen LogP contribution is 2.29. The van der Waals surface area contributed by atoms with Gasteiger partial charge in [-0.15, -0.1) is 0 Å². The van der Waals surface area contributed by atoms with Crippen LogP contribution in [-0.4, -0.2) is 5.17 Å². The Morgan fingerprint density at radius 1 is 1.00 bits per heavy atom. The molecule has 1 heterocycles. The monoisotopic (exact) mass is 255 g/mol. The van der Waals surface area contributed by atoms with Gasteiger partial charge in [-0.1, -0.05) is 48.5 Å². The Bertz CT molecular complexity index is 568. The zero-order valence-corrected chi connectivity index (χ0v) is 10.6. The highest BCUT2D eigenvalue weighted by atomic mass is 32.1. The Balaban J connectivity index is 1.97. The smallest absolute Gasteiger partial charge is 0.261 e. The zero-order valence-electron chi connectivity index (χ0n) is 9.80. The highest BCUT2D eigenvalue weighted by molar-refractivity contribution is 7.80. The lowest BCUT2D eigenvalue weighted by Gasteiger charge is -2.16. The molecule has 0 saturated carbocycles. The van der Waals surface area contributed by atoms with E-state index in [9.17, 15) is 0 Å². The molecule has 3 rings (SSSR count). The van der Waals surface area contributed by atoms with Crippen LogP contribution < -0.4 is 5.32 Å². The average Bonchev–Trinajstić information content (AvgIpc) is 2.57. The number of nitrogens with one attached hydrogen (secondary N) is 1. The van der Waals surface area contributed by atoms with Gasteiger partial charge in [-0.2, -0.15) is 0 Å². The minimum Gasteiger partial charge on any atom is -0.462 e. The van der Waals surface area contributed by atoms with Gasteiger partial charge < -0.3 is 10.1 Å². The molecular formula is C15H13NOS. The number of fused-ring (bicyclic) bond motifs is 1. The number of ether oxygens (including phenoxy) is 1. The first-order valence-electron chi connectivity index (χ1n) is 5.93. The third-order valence-electron chi connectivity index (χ3n) is 3.08.